The van der Waals surface area contributed by atoms with Crippen LogP contribution in [0.3, 0.4) is 0 Å². The van der Waals surface area contributed by atoms with Gasteiger partial charge < -0.3 is 5.11 Å². The van der Waals surface area contributed by atoms with E-state index in [0.717, 1.165) is 35.5 Å². The van der Waals surface area contributed by atoms with E-state index in [9.17, 15) is 5.11 Å². The molecule has 3 rings (SSSR count). The lowest BCUT2D eigenvalue weighted by Gasteiger charge is -2.28. The molecule has 2 aromatic rings. The summed E-state index contributed by atoms with van der Waals surface area (Å²) in [7, 11) is 0. The predicted molar refractivity (Wildman–Crippen MR) is 87.2 cm³/mol. The van der Waals surface area contributed by atoms with Crippen molar-refractivity contribution in [2.45, 2.75) is 45.4 Å². The highest BCUT2D eigenvalue weighted by molar-refractivity contribution is 5.62. The number of aliphatic hydroxyl groups excluding tert-OH is 1. The Morgan fingerprint density at radius 3 is 2.59 bits per heavy atom. The Balaban J connectivity index is 1.99. The molecule has 2 heterocycles. The molecule has 1 unspecified atom stereocenters. The van der Waals surface area contributed by atoms with E-state index in [2.05, 4.69) is 28.7 Å². The molecule has 4 nitrogen and oxygen atoms in total. The Hall–Kier alpha value is -1.78. The van der Waals surface area contributed by atoms with E-state index in [1.807, 2.05) is 24.3 Å². The summed E-state index contributed by atoms with van der Waals surface area (Å²) in [5.74, 6) is 0. The lowest BCUT2D eigenvalue weighted by Crippen LogP contribution is -2.31. The van der Waals surface area contributed by atoms with Crippen molar-refractivity contribution in [2.24, 2.45) is 0 Å². The lowest BCUT2D eigenvalue weighted by atomic mass is 10.0. The number of nitrogens with zero attached hydrogens (tertiary/aromatic N) is 3. The quantitative estimate of drug-likeness (QED) is 0.941. The number of likely N-dealkylation sites (tertiary alicyclic amines) is 1. The number of aliphatic hydroxyl groups is 1. The van der Waals surface area contributed by atoms with Crippen LogP contribution < -0.4 is 0 Å². The first-order chi connectivity index (χ1) is 10.7. The molecule has 1 fully saturated rings. The maximum absolute atomic E-state index is 9.19. The first kappa shape index (κ1) is 15.1. The van der Waals surface area contributed by atoms with Crippen molar-refractivity contribution in [3.05, 3.63) is 47.9 Å². The van der Waals surface area contributed by atoms with E-state index in [4.69, 9.17) is 0 Å². The minimum absolute atomic E-state index is 0.0668. The van der Waals surface area contributed by atoms with Gasteiger partial charge in [-0.1, -0.05) is 24.3 Å². The fourth-order valence-corrected chi connectivity index (χ4v) is 3.28. The number of rotatable bonds is 4. The van der Waals surface area contributed by atoms with Gasteiger partial charge in [0.1, 0.15) is 0 Å². The lowest BCUT2D eigenvalue weighted by molar-refractivity contribution is 0.202. The smallest absolute Gasteiger partial charge is 0.0933 e. The maximum Gasteiger partial charge on any atom is 0.0933 e. The average Bonchev–Trinajstić information content (AvgIpc) is 3.05. The maximum atomic E-state index is 9.19. The van der Waals surface area contributed by atoms with Gasteiger partial charge in [0.05, 0.1) is 24.0 Å². The second-order valence-electron chi connectivity index (χ2n) is 6.13. The molecule has 22 heavy (non-hydrogen) atoms. The molecule has 1 saturated heterocycles. The van der Waals surface area contributed by atoms with Crippen molar-refractivity contribution in [3.8, 4) is 11.3 Å². The van der Waals surface area contributed by atoms with Gasteiger partial charge in [-0.05, 0) is 38.8 Å². The molecule has 0 amide bonds. The fourth-order valence-electron chi connectivity index (χ4n) is 3.28. The summed E-state index contributed by atoms with van der Waals surface area (Å²) in [4.78, 5) is 11.8. The Bertz CT molecular complexity index is 624. The molecule has 4 heteroatoms. The first-order valence-corrected chi connectivity index (χ1v) is 7.97. The summed E-state index contributed by atoms with van der Waals surface area (Å²) in [6.45, 7) is 5.67. The average molecular weight is 297 g/mol. The first-order valence-electron chi connectivity index (χ1n) is 7.97. The van der Waals surface area contributed by atoms with Crippen LogP contribution in [0.15, 0.2) is 36.7 Å². The SMILES string of the molecule is CC(C)N1CCCC1c1nccnc1-c1ccc(CO)cc1. The van der Waals surface area contributed by atoms with Crippen LogP contribution in [-0.2, 0) is 6.61 Å². The zero-order valence-electron chi connectivity index (χ0n) is 13.2. The molecule has 116 valence electrons. The Morgan fingerprint density at radius 2 is 1.91 bits per heavy atom. The van der Waals surface area contributed by atoms with Crippen LogP contribution in [0.25, 0.3) is 11.3 Å². The number of aromatic nitrogens is 2. The third kappa shape index (κ3) is 2.89. The van der Waals surface area contributed by atoms with Crippen LogP contribution in [0.4, 0.5) is 0 Å². The van der Waals surface area contributed by atoms with Crippen molar-refractivity contribution in [3.63, 3.8) is 0 Å². The van der Waals surface area contributed by atoms with Gasteiger partial charge >= 0.3 is 0 Å². The summed E-state index contributed by atoms with van der Waals surface area (Å²) in [6, 6.07) is 8.80. The van der Waals surface area contributed by atoms with Crippen molar-refractivity contribution in [1.82, 2.24) is 14.9 Å². The molecule has 1 aliphatic rings. The molecule has 1 N–H and O–H groups in total. The van der Waals surface area contributed by atoms with Crippen LogP contribution in [-0.4, -0.2) is 32.6 Å². The number of hydrogen-bond donors (Lipinski definition) is 1. The molecule has 0 saturated carbocycles. The zero-order chi connectivity index (χ0) is 15.5. The van der Waals surface area contributed by atoms with Crippen molar-refractivity contribution in [1.29, 1.82) is 0 Å². The topological polar surface area (TPSA) is 49.2 Å². The van der Waals surface area contributed by atoms with E-state index in [1.165, 1.54) is 6.42 Å². The molecule has 0 aliphatic carbocycles. The van der Waals surface area contributed by atoms with Gasteiger partial charge in [0.25, 0.3) is 0 Å². The van der Waals surface area contributed by atoms with E-state index in [1.54, 1.807) is 12.4 Å². The monoisotopic (exact) mass is 297 g/mol. The summed E-state index contributed by atoms with van der Waals surface area (Å²) >= 11 is 0. The summed E-state index contributed by atoms with van der Waals surface area (Å²) in [5, 5.41) is 9.19. The number of benzene rings is 1. The van der Waals surface area contributed by atoms with Gasteiger partial charge in [0, 0.05) is 24.0 Å². The van der Waals surface area contributed by atoms with Gasteiger partial charge in [-0.2, -0.15) is 0 Å². The molecule has 0 bridgehead atoms. The minimum Gasteiger partial charge on any atom is -0.392 e. The summed E-state index contributed by atoms with van der Waals surface area (Å²) < 4.78 is 0. The highest BCUT2D eigenvalue weighted by Crippen LogP contribution is 2.36. The molecule has 1 aromatic heterocycles. The Kier molecular flexibility index (Phi) is 4.50. The Labute approximate surface area is 131 Å². The molecule has 1 aromatic carbocycles. The fraction of sp³-hybridized carbons (Fsp3) is 0.444. The van der Waals surface area contributed by atoms with Crippen LogP contribution in [0.2, 0.25) is 0 Å². The molecule has 0 spiro atoms. The third-order valence-corrected chi connectivity index (χ3v) is 4.41. The molecule has 0 radical (unpaired) electrons. The van der Waals surface area contributed by atoms with E-state index in [-0.39, 0.29) is 6.61 Å². The molecular formula is C18H23N3O. The van der Waals surface area contributed by atoms with Crippen molar-refractivity contribution >= 4 is 0 Å². The van der Waals surface area contributed by atoms with Crippen molar-refractivity contribution in [2.75, 3.05) is 6.54 Å². The van der Waals surface area contributed by atoms with Gasteiger partial charge in [-0.15, -0.1) is 0 Å². The van der Waals surface area contributed by atoms with Gasteiger partial charge in [0.15, 0.2) is 0 Å². The standard InChI is InChI=1S/C18H23N3O/c1-13(2)21-11-3-4-16(21)18-17(19-9-10-20-18)15-7-5-14(12-22)6-8-15/h5-10,13,16,22H,3-4,11-12H2,1-2H3. The summed E-state index contributed by atoms with van der Waals surface area (Å²) in [5.41, 5.74) is 4.02. The largest absolute Gasteiger partial charge is 0.392 e. The zero-order valence-corrected chi connectivity index (χ0v) is 13.2. The van der Waals surface area contributed by atoms with Crippen molar-refractivity contribution < 1.29 is 5.11 Å². The second-order valence-corrected chi connectivity index (χ2v) is 6.13. The predicted octanol–water partition coefficient (Wildman–Crippen LogP) is 3.18. The minimum atomic E-state index is 0.0668. The summed E-state index contributed by atoms with van der Waals surface area (Å²) in [6.07, 6.45) is 5.89. The van der Waals surface area contributed by atoms with E-state index in [0.29, 0.717) is 12.1 Å². The van der Waals surface area contributed by atoms with Gasteiger partial charge in [-0.3, -0.25) is 14.9 Å². The highest BCUT2D eigenvalue weighted by Gasteiger charge is 2.31. The number of hydrogen-bond acceptors (Lipinski definition) is 4. The molecule has 1 aliphatic heterocycles. The second kappa shape index (κ2) is 6.55. The Morgan fingerprint density at radius 1 is 1.18 bits per heavy atom. The van der Waals surface area contributed by atoms with Crippen LogP contribution in [0, 0.1) is 0 Å². The van der Waals surface area contributed by atoms with E-state index >= 15 is 0 Å². The van der Waals surface area contributed by atoms with Crippen LogP contribution in [0.5, 0.6) is 0 Å². The van der Waals surface area contributed by atoms with Crippen LogP contribution >= 0.6 is 0 Å². The molecule has 1 atom stereocenters. The highest BCUT2D eigenvalue weighted by atomic mass is 16.3. The third-order valence-electron chi connectivity index (χ3n) is 4.41. The normalized spacial score (nSPS) is 19.0. The van der Waals surface area contributed by atoms with Gasteiger partial charge in [0.2, 0.25) is 0 Å². The molecular weight excluding hydrogens is 274 g/mol. The van der Waals surface area contributed by atoms with E-state index < -0.39 is 0 Å². The van der Waals surface area contributed by atoms with Crippen LogP contribution in [0.1, 0.15) is 44.0 Å². The van der Waals surface area contributed by atoms with Gasteiger partial charge in [-0.25, -0.2) is 0 Å².